The maximum Gasteiger partial charge on any atom is 0.294 e. The second-order valence-corrected chi connectivity index (χ2v) is 8.03. The molecule has 10 nitrogen and oxygen atoms in total. The molecule has 0 saturated heterocycles. The van der Waals surface area contributed by atoms with E-state index in [0.29, 0.717) is 22.8 Å². The number of para-hydroxylation sites is 1. The summed E-state index contributed by atoms with van der Waals surface area (Å²) in [5.41, 5.74) is 1.56. The number of methoxy groups -OCH3 is 1. The third-order valence-electron chi connectivity index (χ3n) is 4.80. The van der Waals surface area contributed by atoms with E-state index in [4.69, 9.17) is 16.3 Å². The minimum Gasteiger partial charge on any atom is -0.495 e. The highest BCUT2D eigenvalue weighted by Gasteiger charge is 2.21. The third-order valence-corrected chi connectivity index (χ3v) is 5.08. The molecule has 0 radical (unpaired) electrons. The number of ether oxygens (including phenoxy) is 1. The van der Waals surface area contributed by atoms with Crippen LogP contribution in [0, 0.1) is 0 Å². The number of amides is 2. The summed E-state index contributed by atoms with van der Waals surface area (Å²) in [6, 6.07) is 11.6. The molecular formula is C25H25ClN6O4. The standard InChI is InChI=1S/C25H25ClN6O4/c1-5-8-21(33)28-15-11-12-20(36-4)19(13-15)30-25-27-14-17(26)23(31-25)29-18-10-7-6-9-16(18)22(34)24(35)32(2)3/h5-14H,1-4H3,(H,28,33)(H2,27,29,30,31). The number of nitrogens with zero attached hydrogens (tertiary/aromatic N) is 3. The molecule has 0 aliphatic rings. The van der Waals surface area contributed by atoms with Gasteiger partial charge in [-0.3, -0.25) is 14.4 Å². The second-order valence-electron chi connectivity index (χ2n) is 7.62. The summed E-state index contributed by atoms with van der Waals surface area (Å²) >= 11 is 6.31. The molecule has 0 aliphatic heterocycles. The van der Waals surface area contributed by atoms with Crippen LogP contribution < -0.4 is 20.7 Å². The Morgan fingerprint density at radius 3 is 2.50 bits per heavy atom. The Morgan fingerprint density at radius 1 is 1.06 bits per heavy atom. The number of ketones is 1. The molecule has 3 aromatic rings. The topological polar surface area (TPSA) is 126 Å². The smallest absolute Gasteiger partial charge is 0.294 e. The van der Waals surface area contributed by atoms with Gasteiger partial charge in [0.1, 0.15) is 10.8 Å². The molecule has 11 heteroatoms. The number of nitrogens with one attached hydrogen (secondary N) is 3. The second kappa shape index (κ2) is 11.8. The first-order chi connectivity index (χ1) is 17.2. The number of likely N-dealkylation sites (N-methyl/N-ethyl adjacent to an activating group) is 1. The third kappa shape index (κ3) is 6.36. The molecule has 0 aliphatic carbocycles. The average molecular weight is 509 g/mol. The van der Waals surface area contributed by atoms with Crippen LogP contribution in [0.2, 0.25) is 5.02 Å². The van der Waals surface area contributed by atoms with Gasteiger partial charge < -0.3 is 25.6 Å². The fourth-order valence-electron chi connectivity index (χ4n) is 3.09. The van der Waals surface area contributed by atoms with Crippen molar-refractivity contribution < 1.29 is 19.1 Å². The van der Waals surface area contributed by atoms with E-state index in [1.165, 1.54) is 38.4 Å². The van der Waals surface area contributed by atoms with Crippen molar-refractivity contribution in [3.8, 4) is 5.75 Å². The highest BCUT2D eigenvalue weighted by molar-refractivity contribution is 6.43. The molecule has 0 atom stereocenters. The summed E-state index contributed by atoms with van der Waals surface area (Å²) < 4.78 is 5.40. The maximum absolute atomic E-state index is 12.7. The predicted octanol–water partition coefficient (Wildman–Crippen LogP) is 4.41. The monoisotopic (exact) mass is 508 g/mol. The van der Waals surface area contributed by atoms with Crippen molar-refractivity contribution in [2.75, 3.05) is 37.2 Å². The summed E-state index contributed by atoms with van der Waals surface area (Å²) in [6.07, 6.45) is 4.43. The van der Waals surface area contributed by atoms with Crippen LogP contribution in [0.15, 0.2) is 60.8 Å². The van der Waals surface area contributed by atoms with Gasteiger partial charge >= 0.3 is 0 Å². The minimum absolute atomic E-state index is 0.172. The van der Waals surface area contributed by atoms with Gasteiger partial charge in [0.15, 0.2) is 5.82 Å². The van der Waals surface area contributed by atoms with Gasteiger partial charge in [-0.1, -0.05) is 29.8 Å². The number of halogens is 1. The summed E-state index contributed by atoms with van der Waals surface area (Å²) in [5, 5.41) is 9.01. The molecule has 0 spiro atoms. The fraction of sp³-hybridized carbons (Fsp3) is 0.160. The van der Waals surface area contributed by atoms with Gasteiger partial charge in [-0.15, -0.1) is 0 Å². The SMILES string of the molecule is CC=CC(=O)Nc1ccc(OC)c(Nc2ncc(Cl)c(Nc3ccccc3C(=O)C(=O)N(C)C)n2)c1. The molecule has 0 saturated carbocycles. The molecule has 0 bridgehead atoms. The quantitative estimate of drug-likeness (QED) is 0.220. The lowest BCUT2D eigenvalue weighted by Gasteiger charge is -2.15. The highest BCUT2D eigenvalue weighted by Crippen LogP contribution is 2.32. The molecule has 186 valence electrons. The van der Waals surface area contributed by atoms with E-state index in [-0.39, 0.29) is 28.3 Å². The van der Waals surface area contributed by atoms with Crippen molar-refractivity contribution in [2.24, 2.45) is 0 Å². The van der Waals surface area contributed by atoms with E-state index in [1.54, 1.807) is 55.5 Å². The predicted molar refractivity (Wildman–Crippen MR) is 140 cm³/mol. The van der Waals surface area contributed by atoms with Crippen LogP contribution >= 0.6 is 11.6 Å². The average Bonchev–Trinajstić information content (AvgIpc) is 2.85. The van der Waals surface area contributed by atoms with Crippen LogP contribution in [-0.2, 0) is 9.59 Å². The van der Waals surface area contributed by atoms with E-state index in [0.717, 1.165) is 0 Å². The van der Waals surface area contributed by atoms with Gasteiger partial charge in [-0.05, 0) is 43.3 Å². The van der Waals surface area contributed by atoms with Crippen molar-refractivity contribution in [1.29, 1.82) is 0 Å². The molecule has 0 fully saturated rings. The number of anilines is 5. The van der Waals surface area contributed by atoms with E-state index in [2.05, 4.69) is 25.9 Å². The number of carbonyl (C=O) groups excluding carboxylic acids is 3. The summed E-state index contributed by atoms with van der Waals surface area (Å²) in [7, 11) is 4.52. The molecular weight excluding hydrogens is 484 g/mol. The van der Waals surface area contributed by atoms with Crippen LogP contribution in [0.1, 0.15) is 17.3 Å². The fourth-order valence-corrected chi connectivity index (χ4v) is 3.23. The number of rotatable bonds is 9. The molecule has 3 rings (SSSR count). The van der Waals surface area contributed by atoms with Gasteiger partial charge in [0.2, 0.25) is 11.9 Å². The van der Waals surface area contributed by atoms with Crippen LogP contribution in [0.5, 0.6) is 5.75 Å². The number of allylic oxidation sites excluding steroid dienone is 1. The van der Waals surface area contributed by atoms with Crippen molar-refractivity contribution in [2.45, 2.75) is 6.92 Å². The lowest BCUT2D eigenvalue weighted by atomic mass is 10.1. The highest BCUT2D eigenvalue weighted by atomic mass is 35.5. The number of benzene rings is 2. The molecule has 2 aromatic carbocycles. The van der Waals surface area contributed by atoms with Gasteiger partial charge in [-0.2, -0.15) is 4.98 Å². The van der Waals surface area contributed by atoms with Gasteiger partial charge in [0.05, 0.1) is 30.2 Å². The molecule has 0 unspecified atom stereocenters. The first-order valence-electron chi connectivity index (χ1n) is 10.8. The zero-order valence-electron chi connectivity index (χ0n) is 20.1. The van der Waals surface area contributed by atoms with E-state index in [9.17, 15) is 14.4 Å². The van der Waals surface area contributed by atoms with E-state index < -0.39 is 11.7 Å². The van der Waals surface area contributed by atoms with Gasteiger partial charge in [0.25, 0.3) is 11.7 Å². The Hall–Kier alpha value is -4.44. The summed E-state index contributed by atoms with van der Waals surface area (Å²) in [6.45, 7) is 1.75. The number of aromatic nitrogens is 2. The van der Waals surface area contributed by atoms with Crippen LogP contribution in [0.4, 0.5) is 28.8 Å². The molecule has 1 aromatic heterocycles. The normalized spacial score (nSPS) is 10.6. The Bertz CT molecular complexity index is 1330. The van der Waals surface area contributed by atoms with Crippen molar-refractivity contribution in [3.63, 3.8) is 0 Å². The Balaban J connectivity index is 1.90. The van der Waals surface area contributed by atoms with Crippen LogP contribution in [0.25, 0.3) is 0 Å². The van der Waals surface area contributed by atoms with Gasteiger partial charge in [0, 0.05) is 19.8 Å². The maximum atomic E-state index is 12.7. The number of carbonyl (C=O) groups is 3. The van der Waals surface area contributed by atoms with Crippen LogP contribution in [0.3, 0.4) is 0 Å². The molecule has 1 heterocycles. The lowest BCUT2D eigenvalue weighted by Crippen LogP contribution is -2.30. The molecule has 36 heavy (non-hydrogen) atoms. The zero-order valence-corrected chi connectivity index (χ0v) is 20.9. The van der Waals surface area contributed by atoms with Crippen molar-refractivity contribution in [3.05, 3.63) is 71.4 Å². The number of hydrogen-bond donors (Lipinski definition) is 3. The van der Waals surface area contributed by atoms with Crippen molar-refractivity contribution in [1.82, 2.24) is 14.9 Å². The van der Waals surface area contributed by atoms with E-state index >= 15 is 0 Å². The van der Waals surface area contributed by atoms with Crippen LogP contribution in [-0.4, -0.2) is 53.7 Å². The zero-order chi connectivity index (χ0) is 26.2. The molecule has 3 N–H and O–H groups in total. The lowest BCUT2D eigenvalue weighted by molar-refractivity contribution is -0.124. The Morgan fingerprint density at radius 2 is 1.81 bits per heavy atom. The first kappa shape index (κ1) is 26.2. The summed E-state index contributed by atoms with van der Waals surface area (Å²) in [5.74, 6) is -0.732. The molecule has 2 amide bonds. The minimum atomic E-state index is -0.673. The Kier molecular flexibility index (Phi) is 8.58. The Labute approximate surface area is 213 Å². The van der Waals surface area contributed by atoms with E-state index in [1.807, 2.05) is 0 Å². The first-order valence-corrected chi connectivity index (χ1v) is 11.1. The largest absolute Gasteiger partial charge is 0.495 e. The van der Waals surface area contributed by atoms with Gasteiger partial charge in [-0.25, -0.2) is 4.98 Å². The number of Topliss-reactive ketones (excluding diaryl/α,β-unsaturated/α-hetero) is 1. The summed E-state index contributed by atoms with van der Waals surface area (Å²) in [4.78, 5) is 46.6. The van der Waals surface area contributed by atoms with Crippen molar-refractivity contribution >= 4 is 58.0 Å². The number of hydrogen-bond acceptors (Lipinski definition) is 8.